The van der Waals surface area contributed by atoms with Crippen molar-refractivity contribution in [2.45, 2.75) is 31.4 Å². The van der Waals surface area contributed by atoms with Crippen LogP contribution in [0.5, 0.6) is 0 Å². The maximum absolute atomic E-state index is 9.37. The average Bonchev–Trinajstić information content (AvgIpc) is 2.87. The molecule has 0 saturated carbocycles. The average molecular weight is 227 g/mol. The van der Waals surface area contributed by atoms with Gasteiger partial charge in [-0.2, -0.15) is 4.98 Å². The Morgan fingerprint density at radius 2 is 2.50 bits per heavy atom. The van der Waals surface area contributed by atoms with Crippen molar-refractivity contribution in [2.24, 2.45) is 0 Å². The van der Waals surface area contributed by atoms with Crippen molar-refractivity contribution in [1.82, 2.24) is 15.5 Å². The number of aliphatic hydroxyl groups excluding tert-OH is 1. The lowest BCUT2D eigenvalue weighted by atomic mass is 10.2. The zero-order valence-electron chi connectivity index (χ0n) is 9.35. The number of aryl methyl sites for hydroxylation is 1. The number of aromatic nitrogens is 2. The van der Waals surface area contributed by atoms with Crippen LogP contribution in [0.2, 0.25) is 0 Å². The van der Waals surface area contributed by atoms with Crippen LogP contribution < -0.4 is 5.32 Å². The van der Waals surface area contributed by atoms with Crippen LogP contribution in [0.15, 0.2) is 4.52 Å². The first kappa shape index (κ1) is 11.5. The van der Waals surface area contributed by atoms with Gasteiger partial charge in [-0.15, -0.1) is 0 Å². The Bertz CT molecular complexity index is 329. The lowest BCUT2D eigenvalue weighted by Crippen LogP contribution is -2.15. The van der Waals surface area contributed by atoms with E-state index in [1.807, 2.05) is 0 Å². The fourth-order valence-corrected chi connectivity index (χ4v) is 1.79. The van der Waals surface area contributed by atoms with Gasteiger partial charge in [0.15, 0.2) is 5.82 Å². The Morgan fingerprint density at radius 3 is 3.19 bits per heavy atom. The summed E-state index contributed by atoms with van der Waals surface area (Å²) in [7, 11) is 1.67. The van der Waals surface area contributed by atoms with Gasteiger partial charge in [0.25, 0.3) is 0 Å². The molecule has 1 aromatic rings. The van der Waals surface area contributed by atoms with Crippen molar-refractivity contribution < 1.29 is 14.4 Å². The van der Waals surface area contributed by atoms with Crippen molar-refractivity contribution in [1.29, 1.82) is 0 Å². The molecule has 1 saturated heterocycles. The van der Waals surface area contributed by atoms with E-state index in [0.29, 0.717) is 31.3 Å². The van der Waals surface area contributed by atoms with Gasteiger partial charge in [0.05, 0.1) is 12.1 Å². The number of nitrogens with zero attached hydrogens (tertiary/aromatic N) is 2. The molecule has 90 valence electrons. The summed E-state index contributed by atoms with van der Waals surface area (Å²) in [5, 5.41) is 16.4. The third kappa shape index (κ3) is 2.78. The molecule has 0 aromatic carbocycles. The molecule has 0 aliphatic carbocycles. The summed E-state index contributed by atoms with van der Waals surface area (Å²) in [6, 6.07) is -0.00123. The molecule has 2 rings (SSSR count). The lowest BCUT2D eigenvalue weighted by molar-refractivity contribution is 0.190. The molecule has 0 radical (unpaired) electrons. The minimum absolute atomic E-state index is 0.00123. The van der Waals surface area contributed by atoms with Gasteiger partial charge >= 0.3 is 0 Å². The number of hydrogen-bond donors (Lipinski definition) is 2. The van der Waals surface area contributed by atoms with Gasteiger partial charge in [0.1, 0.15) is 0 Å². The van der Waals surface area contributed by atoms with Gasteiger partial charge in [0, 0.05) is 26.7 Å². The molecule has 16 heavy (non-hydrogen) atoms. The van der Waals surface area contributed by atoms with Gasteiger partial charge in [-0.1, -0.05) is 5.16 Å². The Kier molecular flexibility index (Phi) is 3.87. The normalized spacial score (nSPS) is 25.1. The quantitative estimate of drug-likeness (QED) is 0.691. The van der Waals surface area contributed by atoms with Gasteiger partial charge in [0.2, 0.25) is 5.89 Å². The van der Waals surface area contributed by atoms with E-state index in [4.69, 9.17) is 9.26 Å². The maximum Gasteiger partial charge on any atom is 0.243 e. The molecule has 2 N–H and O–H groups in total. The van der Waals surface area contributed by atoms with Crippen LogP contribution in [-0.2, 0) is 11.2 Å². The minimum atomic E-state index is -0.311. The van der Waals surface area contributed by atoms with Crippen molar-refractivity contribution in [3.8, 4) is 0 Å². The highest BCUT2D eigenvalue weighted by atomic mass is 16.5. The standard InChI is InChI=1S/C10H17N3O3/c1-15-4-2-3-9-12-10(16-13-9)8-5-7(14)6-11-8/h7-8,11,14H,2-6H2,1H3/t7-,8+/m0/s1. The first-order chi connectivity index (χ1) is 7.79. The van der Waals surface area contributed by atoms with E-state index >= 15 is 0 Å². The van der Waals surface area contributed by atoms with Crippen LogP contribution in [-0.4, -0.2) is 41.6 Å². The van der Waals surface area contributed by atoms with Crippen molar-refractivity contribution in [3.05, 3.63) is 11.7 Å². The summed E-state index contributed by atoms with van der Waals surface area (Å²) in [5.41, 5.74) is 0. The van der Waals surface area contributed by atoms with E-state index in [0.717, 1.165) is 12.8 Å². The Labute approximate surface area is 94.0 Å². The fourth-order valence-electron chi connectivity index (χ4n) is 1.79. The van der Waals surface area contributed by atoms with Crippen LogP contribution in [0.25, 0.3) is 0 Å². The lowest BCUT2D eigenvalue weighted by Gasteiger charge is -2.01. The first-order valence-electron chi connectivity index (χ1n) is 5.52. The summed E-state index contributed by atoms with van der Waals surface area (Å²) < 4.78 is 10.1. The van der Waals surface area contributed by atoms with E-state index in [1.165, 1.54) is 0 Å². The monoisotopic (exact) mass is 227 g/mol. The van der Waals surface area contributed by atoms with E-state index in [1.54, 1.807) is 7.11 Å². The predicted octanol–water partition coefficient (Wildman–Crippen LogP) is 0.0439. The predicted molar refractivity (Wildman–Crippen MR) is 55.9 cm³/mol. The smallest absolute Gasteiger partial charge is 0.243 e. The molecular formula is C10H17N3O3. The molecule has 6 heteroatoms. The molecule has 1 aromatic heterocycles. The molecule has 0 spiro atoms. The van der Waals surface area contributed by atoms with Crippen LogP contribution in [0.1, 0.15) is 30.6 Å². The summed E-state index contributed by atoms with van der Waals surface area (Å²) in [6.45, 7) is 1.29. The topological polar surface area (TPSA) is 80.4 Å². The van der Waals surface area contributed by atoms with E-state index < -0.39 is 0 Å². The van der Waals surface area contributed by atoms with E-state index in [2.05, 4.69) is 15.5 Å². The van der Waals surface area contributed by atoms with E-state index in [-0.39, 0.29) is 12.1 Å². The Morgan fingerprint density at radius 1 is 1.62 bits per heavy atom. The van der Waals surface area contributed by atoms with E-state index in [9.17, 15) is 5.11 Å². The summed E-state index contributed by atoms with van der Waals surface area (Å²) in [5.74, 6) is 1.28. The zero-order valence-corrected chi connectivity index (χ0v) is 9.35. The number of methoxy groups -OCH3 is 1. The molecule has 1 aliphatic heterocycles. The van der Waals surface area contributed by atoms with Gasteiger partial charge in [-0.3, -0.25) is 0 Å². The summed E-state index contributed by atoms with van der Waals surface area (Å²) in [6.07, 6.45) is 1.97. The molecule has 0 amide bonds. The molecule has 0 bridgehead atoms. The summed E-state index contributed by atoms with van der Waals surface area (Å²) in [4.78, 5) is 4.29. The molecular weight excluding hydrogens is 210 g/mol. The first-order valence-corrected chi connectivity index (χ1v) is 5.52. The number of ether oxygens (including phenoxy) is 1. The van der Waals surface area contributed by atoms with Gasteiger partial charge < -0.3 is 19.7 Å². The van der Waals surface area contributed by atoms with Gasteiger partial charge in [-0.05, 0) is 12.8 Å². The number of hydrogen-bond acceptors (Lipinski definition) is 6. The highest BCUT2D eigenvalue weighted by Crippen LogP contribution is 2.21. The third-order valence-corrected chi connectivity index (χ3v) is 2.64. The zero-order chi connectivity index (χ0) is 11.4. The van der Waals surface area contributed by atoms with Crippen molar-refractivity contribution >= 4 is 0 Å². The second-order valence-electron chi connectivity index (χ2n) is 4.00. The van der Waals surface area contributed by atoms with Crippen LogP contribution in [0.4, 0.5) is 0 Å². The largest absolute Gasteiger partial charge is 0.392 e. The number of nitrogens with one attached hydrogen (secondary N) is 1. The Hall–Kier alpha value is -0.980. The van der Waals surface area contributed by atoms with Crippen LogP contribution >= 0.6 is 0 Å². The number of β-amino-alcohol motifs (C(OH)–C–C–N with tert-alkyl or cyclic N) is 1. The Balaban J connectivity index is 1.87. The summed E-state index contributed by atoms with van der Waals surface area (Å²) >= 11 is 0. The maximum atomic E-state index is 9.37. The van der Waals surface area contributed by atoms with Crippen LogP contribution in [0.3, 0.4) is 0 Å². The van der Waals surface area contributed by atoms with Crippen LogP contribution in [0, 0.1) is 0 Å². The molecule has 6 nitrogen and oxygen atoms in total. The molecule has 1 fully saturated rings. The minimum Gasteiger partial charge on any atom is -0.392 e. The van der Waals surface area contributed by atoms with Gasteiger partial charge in [-0.25, -0.2) is 0 Å². The SMILES string of the molecule is COCCCc1noc([C@H]2C[C@H](O)CN2)n1. The highest BCUT2D eigenvalue weighted by molar-refractivity contribution is 4.97. The molecule has 2 atom stereocenters. The molecule has 2 heterocycles. The number of rotatable bonds is 5. The number of aliphatic hydroxyl groups is 1. The molecule has 1 aliphatic rings. The molecule has 0 unspecified atom stereocenters. The highest BCUT2D eigenvalue weighted by Gasteiger charge is 2.27. The second-order valence-corrected chi connectivity index (χ2v) is 4.00. The van der Waals surface area contributed by atoms with Crippen molar-refractivity contribution in [2.75, 3.05) is 20.3 Å². The third-order valence-electron chi connectivity index (χ3n) is 2.64. The van der Waals surface area contributed by atoms with Crippen molar-refractivity contribution in [3.63, 3.8) is 0 Å². The fraction of sp³-hybridized carbons (Fsp3) is 0.800. The second kappa shape index (κ2) is 5.38.